The van der Waals surface area contributed by atoms with Crippen LogP contribution in [0.25, 0.3) is 0 Å². The maximum Gasteiger partial charge on any atom is 0.407 e. The van der Waals surface area contributed by atoms with Crippen LogP contribution in [0.5, 0.6) is 0 Å². The molecule has 0 saturated carbocycles. The fourth-order valence-corrected chi connectivity index (χ4v) is 1.97. The molecule has 0 aliphatic rings. The van der Waals surface area contributed by atoms with Gasteiger partial charge < -0.3 is 25.2 Å². The fraction of sp³-hybridized carbons (Fsp3) is 0.375. The lowest BCUT2D eigenvalue weighted by atomic mass is 10.1. The molecule has 0 radical (unpaired) electrons. The molecule has 26 heavy (non-hydrogen) atoms. The molecule has 0 aliphatic heterocycles. The first kappa shape index (κ1) is 21.5. The third-order valence-corrected chi connectivity index (χ3v) is 3.31. The van der Waals surface area contributed by atoms with Crippen LogP contribution in [0.2, 0.25) is 0 Å². The van der Waals surface area contributed by atoms with E-state index >= 15 is 0 Å². The molecular weight excluding hydrogens is 363 g/mol. The average molecular weight is 384 g/mol. The summed E-state index contributed by atoms with van der Waals surface area (Å²) in [7, 11) is 2.25. The number of hydrogen-bond acceptors (Lipinski definition) is 6. The van der Waals surface area contributed by atoms with E-state index in [1.54, 1.807) is 24.3 Å². The molecule has 1 unspecified atom stereocenters. The summed E-state index contributed by atoms with van der Waals surface area (Å²) < 4.78 is 9.83. The van der Waals surface area contributed by atoms with Gasteiger partial charge in [0.15, 0.2) is 5.78 Å². The Kier molecular flexibility index (Phi) is 9.89. The Morgan fingerprint density at radius 1 is 1.15 bits per heavy atom. The summed E-state index contributed by atoms with van der Waals surface area (Å²) in [6, 6.07) is 7.74. The number of Topliss-reactive ketones (excluding diaryl/α,β-unsaturated/α-hetero) is 1. The molecule has 1 aromatic carbocycles. The number of benzene rings is 1. The van der Waals surface area contributed by atoms with Gasteiger partial charge in [0, 0.05) is 0 Å². The van der Waals surface area contributed by atoms with Crippen LogP contribution >= 0.6 is 9.24 Å². The van der Waals surface area contributed by atoms with E-state index in [4.69, 9.17) is 14.6 Å². The van der Waals surface area contributed by atoms with Crippen molar-refractivity contribution in [2.75, 3.05) is 19.5 Å². The lowest BCUT2D eigenvalue weighted by Crippen LogP contribution is -2.47. The van der Waals surface area contributed by atoms with Gasteiger partial charge in [-0.25, -0.2) is 4.79 Å². The van der Waals surface area contributed by atoms with Gasteiger partial charge in [0.05, 0.1) is 12.8 Å². The van der Waals surface area contributed by atoms with Crippen molar-refractivity contribution in [2.24, 2.45) is 0 Å². The molecule has 9 nitrogen and oxygen atoms in total. The van der Waals surface area contributed by atoms with Gasteiger partial charge in [0.1, 0.15) is 25.8 Å². The van der Waals surface area contributed by atoms with Crippen LogP contribution in [0.4, 0.5) is 4.79 Å². The van der Waals surface area contributed by atoms with Crippen LogP contribution in [0, 0.1) is 0 Å². The molecule has 0 saturated heterocycles. The van der Waals surface area contributed by atoms with Crippen LogP contribution in [0.1, 0.15) is 12.0 Å². The van der Waals surface area contributed by atoms with E-state index in [0.29, 0.717) is 0 Å². The van der Waals surface area contributed by atoms with Gasteiger partial charge in [0.2, 0.25) is 5.91 Å². The molecule has 2 atom stereocenters. The molecule has 0 fully saturated rings. The van der Waals surface area contributed by atoms with E-state index in [9.17, 15) is 19.2 Å². The quantitative estimate of drug-likeness (QED) is 0.467. The number of hydrogen-bond donors (Lipinski definition) is 3. The van der Waals surface area contributed by atoms with Crippen LogP contribution in [-0.2, 0) is 30.5 Å². The summed E-state index contributed by atoms with van der Waals surface area (Å²) >= 11 is 0. The summed E-state index contributed by atoms with van der Waals surface area (Å²) in [5.41, 5.74) is 0.785. The molecule has 1 aromatic rings. The van der Waals surface area contributed by atoms with E-state index in [-0.39, 0.29) is 19.6 Å². The van der Waals surface area contributed by atoms with Gasteiger partial charge >= 0.3 is 12.1 Å². The first-order chi connectivity index (χ1) is 12.4. The number of aliphatic carboxylic acids is 1. The first-order valence-electron chi connectivity index (χ1n) is 7.68. The molecule has 0 heterocycles. The minimum absolute atomic E-state index is 0.0424. The van der Waals surface area contributed by atoms with Gasteiger partial charge in [-0.15, -0.1) is 9.24 Å². The Hall–Kier alpha value is -2.51. The van der Waals surface area contributed by atoms with E-state index in [2.05, 4.69) is 19.9 Å². The molecule has 1 rings (SSSR count). The second-order valence-electron chi connectivity index (χ2n) is 5.11. The summed E-state index contributed by atoms with van der Waals surface area (Å²) in [5, 5.41) is 13.3. The highest BCUT2D eigenvalue weighted by atomic mass is 31.0. The summed E-state index contributed by atoms with van der Waals surface area (Å²) in [4.78, 5) is 46.0. The predicted octanol–water partition coefficient (Wildman–Crippen LogP) is 0.291. The molecule has 0 aromatic heterocycles. The topological polar surface area (TPSA) is 131 Å². The summed E-state index contributed by atoms with van der Waals surface area (Å²) in [6.45, 7) is -0.740. The Bertz CT molecular complexity index is 624. The van der Waals surface area contributed by atoms with Crippen molar-refractivity contribution < 1.29 is 33.8 Å². The average Bonchev–Trinajstić information content (AvgIpc) is 2.62. The highest BCUT2D eigenvalue weighted by Gasteiger charge is 2.23. The predicted molar refractivity (Wildman–Crippen MR) is 94.3 cm³/mol. The molecule has 2 amide bonds. The maximum atomic E-state index is 11.8. The highest BCUT2D eigenvalue weighted by Crippen LogP contribution is 2.00. The van der Waals surface area contributed by atoms with E-state index in [1.807, 2.05) is 6.07 Å². The smallest absolute Gasteiger partial charge is 0.407 e. The monoisotopic (exact) mass is 384 g/mol. The Labute approximate surface area is 152 Å². The number of carboxylic acid groups (broad SMARTS) is 1. The standard InChI is InChI=1S/C16H21N2O7P/c19-13(9-24-10-26)12(6-15(21)22)18-14(20)7-17-16(23)25-8-11-4-2-1-3-5-11/h1-5,12H,6-10,26H2,(H,17,23)(H,18,20)(H,21,22)/t12-/m0/s1. The number of nitrogens with one attached hydrogen (secondary N) is 2. The number of carboxylic acids is 1. The summed E-state index contributed by atoms with van der Waals surface area (Å²) in [5.74, 6) is -2.54. The zero-order chi connectivity index (χ0) is 19.4. The third kappa shape index (κ3) is 9.10. The van der Waals surface area contributed by atoms with Crippen molar-refractivity contribution >= 4 is 33.0 Å². The van der Waals surface area contributed by atoms with E-state index in [0.717, 1.165) is 5.56 Å². The van der Waals surface area contributed by atoms with Crippen LogP contribution < -0.4 is 10.6 Å². The minimum atomic E-state index is -1.25. The van der Waals surface area contributed by atoms with Crippen molar-refractivity contribution in [1.29, 1.82) is 0 Å². The van der Waals surface area contributed by atoms with Gasteiger partial charge in [0.25, 0.3) is 0 Å². The minimum Gasteiger partial charge on any atom is -0.481 e. The zero-order valence-electron chi connectivity index (χ0n) is 14.0. The lowest BCUT2D eigenvalue weighted by molar-refractivity contribution is -0.140. The maximum absolute atomic E-state index is 11.8. The van der Waals surface area contributed by atoms with Crippen LogP contribution in [0.15, 0.2) is 30.3 Å². The molecule has 142 valence electrons. The highest BCUT2D eigenvalue weighted by molar-refractivity contribution is 7.16. The number of alkyl carbamates (subject to hydrolysis) is 1. The SMILES string of the molecule is O=C(O)C[C@H](NC(=O)CNC(=O)OCc1ccccc1)C(=O)COCP. The molecule has 10 heteroatoms. The van der Waals surface area contributed by atoms with Gasteiger partial charge in [-0.05, 0) is 5.56 Å². The van der Waals surface area contributed by atoms with Gasteiger partial charge in [-0.2, -0.15) is 0 Å². The molecule has 0 bridgehead atoms. The number of carbonyl (C=O) groups excluding carboxylic acids is 3. The molecule has 3 N–H and O–H groups in total. The van der Waals surface area contributed by atoms with Crippen molar-refractivity contribution in [3.63, 3.8) is 0 Å². The van der Waals surface area contributed by atoms with Crippen LogP contribution in [0.3, 0.4) is 0 Å². The number of ketones is 1. The van der Waals surface area contributed by atoms with Gasteiger partial charge in [-0.3, -0.25) is 14.4 Å². The Balaban J connectivity index is 2.40. The lowest BCUT2D eigenvalue weighted by Gasteiger charge is -2.16. The second kappa shape index (κ2) is 11.9. The van der Waals surface area contributed by atoms with Crippen molar-refractivity contribution in [3.05, 3.63) is 35.9 Å². The van der Waals surface area contributed by atoms with Crippen molar-refractivity contribution in [1.82, 2.24) is 10.6 Å². The molecule has 0 spiro atoms. The van der Waals surface area contributed by atoms with Crippen molar-refractivity contribution in [2.45, 2.75) is 19.1 Å². The van der Waals surface area contributed by atoms with E-state index in [1.165, 1.54) is 0 Å². The first-order valence-corrected chi connectivity index (χ1v) is 8.50. The molecular formula is C16H21N2O7P. The number of ether oxygens (including phenoxy) is 2. The summed E-state index contributed by atoms with van der Waals surface area (Å²) in [6.07, 6.45) is -1.19. The second-order valence-corrected chi connectivity index (χ2v) is 5.45. The zero-order valence-corrected chi connectivity index (χ0v) is 15.1. The van der Waals surface area contributed by atoms with Crippen LogP contribution in [-0.4, -0.2) is 54.4 Å². The number of carbonyl (C=O) groups is 4. The third-order valence-electron chi connectivity index (χ3n) is 3.07. The fourth-order valence-electron chi connectivity index (χ4n) is 1.85. The van der Waals surface area contributed by atoms with Crippen molar-refractivity contribution in [3.8, 4) is 0 Å². The Morgan fingerprint density at radius 2 is 1.85 bits per heavy atom. The largest absolute Gasteiger partial charge is 0.481 e. The number of rotatable bonds is 11. The normalized spacial score (nSPS) is 11.3. The van der Waals surface area contributed by atoms with E-state index < -0.39 is 42.8 Å². The Morgan fingerprint density at radius 3 is 2.46 bits per heavy atom. The van der Waals surface area contributed by atoms with Gasteiger partial charge in [-0.1, -0.05) is 30.3 Å². The molecule has 0 aliphatic carbocycles. The number of amides is 2.